The summed E-state index contributed by atoms with van der Waals surface area (Å²) in [6, 6.07) is 3.29. The van der Waals surface area contributed by atoms with Gasteiger partial charge in [0, 0.05) is 6.07 Å². The molecule has 0 aliphatic heterocycles. The van der Waals surface area contributed by atoms with E-state index >= 15 is 0 Å². The number of quaternary nitrogens is 1. The molecule has 1 aromatic rings. The molecule has 0 spiro atoms. The van der Waals surface area contributed by atoms with E-state index in [1.165, 1.54) is 89.2 Å². The Morgan fingerprint density at radius 1 is 0.833 bits per heavy atom. The number of aliphatic hydroxyl groups excluding tert-OH is 1. The highest BCUT2D eigenvalue weighted by Gasteiger charge is 2.27. The Kier molecular flexibility index (Phi) is 15.9. The maximum Gasteiger partial charge on any atom is 0.317 e. The molecule has 0 heterocycles. The van der Waals surface area contributed by atoms with Crippen molar-refractivity contribution in [2.45, 2.75) is 103 Å². The normalized spacial score (nSPS) is 12.4. The van der Waals surface area contributed by atoms with Gasteiger partial charge >= 0.3 is 5.69 Å². The maximum absolute atomic E-state index is 11.3. The average Bonchev–Trinajstić information content (AvgIpc) is 2.83. The van der Waals surface area contributed by atoms with Gasteiger partial charge in [-0.1, -0.05) is 84.0 Å². The minimum atomic E-state index is -0.703. The second-order valence-electron chi connectivity index (χ2n) is 10.5. The topological polar surface area (TPSA) is 116 Å². The number of aliphatic hydroxyl groups is 1. The van der Waals surface area contributed by atoms with Crippen molar-refractivity contribution in [2.75, 3.05) is 33.8 Å². The number of nitro benzene ring substituents is 2. The van der Waals surface area contributed by atoms with Crippen LogP contribution < -0.4 is 4.74 Å². The highest BCUT2D eigenvalue weighted by Crippen LogP contribution is 2.32. The van der Waals surface area contributed by atoms with Gasteiger partial charge in [0.1, 0.15) is 6.54 Å². The molecule has 0 aliphatic rings. The zero-order chi connectivity index (χ0) is 26.8. The summed E-state index contributed by atoms with van der Waals surface area (Å²) in [5, 5.41) is 32.1. The van der Waals surface area contributed by atoms with Crippen LogP contribution in [0.3, 0.4) is 0 Å². The first kappa shape index (κ1) is 31.8. The highest BCUT2D eigenvalue weighted by atomic mass is 16.6. The lowest BCUT2D eigenvalue weighted by atomic mass is 10.0. The first-order chi connectivity index (χ1) is 17.2. The standard InChI is InChI=1S/C27H48N3O6/c1-4-5-6-7-8-9-10-11-12-13-14-15-16-17-20-30(2,3)22-25(23-31)36-27-19-18-24(28(32)33)21-26(27)29(34)35/h18-19,21,25,31H,4-17,20,22-23H2,1-3H3/q+1. The van der Waals surface area contributed by atoms with Crippen molar-refractivity contribution in [1.82, 2.24) is 0 Å². The van der Waals surface area contributed by atoms with Crippen molar-refractivity contribution in [3.05, 3.63) is 38.4 Å². The molecule has 0 saturated carbocycles. The molecule has 206 valence electrons. The van der Waals surface area contributed by atoms with E-state index in [0.29, 0.717) is 11.0 Å². The van der Waals surface area contributed by atoms with E-state index in [4.69, 9.17) is 4.74 Å². The smallest absolute Gasteiger partial charge is 0.317 e. The van der Waals surface area contributed by atoms with Crippen LogP contribution in [0.5, 0.6) is 5.75 Å². The van der Waals surface area contributed by atoms with E-state index in [-0.39, 0.29) is 18.0 Å². The molecule has 0 fully saturated rings. The van der Waals surface area contributed by atoms with E-state index in [1.54, 1.807) is 0 Å². The molecule has 1 atom stereocenters. The maximum atomic E-state index is 11.3. The fourth-order valence-corrected chi connectivity index (χ4v) is 4.55. The summed E-state index contributed by atoms with van der Waals surface area (Å²) in [6.45, 7) is 3.35. The van der Waals surface area contributed by atoms with Gasteiger partial charge in [-0.3, -0.25) is 20.2 Å². The molecule has 1 aromatic carbocycles. The van der Waals surface area contributed by atoms with Crippen molar-refractivity contribution in [1.29, 1.82) is 0 Å². The Bertz CT molecular complexity index is 772. The minimum Gasteiger partial charge on any atom is -0.475 e. The summed E-state index contributed by atoms with van der Waals surface area (Å²) in [5.74, 6) is -0.0684. The lowest BCUT2D eigenvalue weighted by molar-refractivity contribution is -0.893. The third-order valence-corrected chi connectivity index (χ3v) is 6.66. The summed E-state index contributed by atoms with van der Waals surface area (Å²) in [5.41, 5.74) is -0.844. The van der Waals surface area contributed by atoms with Crippen molar-refractivity contribution in [2.24, 2.45) is 0 Å². The van der Waals surface area contributed by atoms with Crippen molar-refractivity contribution >= 4 is 11.4 Å². The van der Waals surface area contributed by atoms with Gasteiger partial charge in [-0.05, 0) is 18.9 Å². The van der Waals surface area contributed by atoms with Crippen molar-refractivity contribution < 1.29 is 24.2 Å². The van der Waals surface area contributed by atoms with Crippen LogP contribution in [-0.4, -0.2) is 59.3 Å². The van der Waals surface area contributed by atoms with E-state index < -0.39 is 21.6 Å². The Morgan fingerprint density at radius 2 is 1.33 bits per heavy atom. The number of rotatable bonds is 22. The Hall–Kier alpha value is -2.26. The second-order valence-corrected chi connectivity index (χ2v) is 10.5. The van der Waals surface area contributed by atoms with Gasteiger partial charge in [-0.15, -0.1) is 0 Å². The molecule has 1 rings (SSSR count). The third-order valence-electron chi connectivity index (χ3n) is 6.66. The van der Waals surface area contributed by atoms with Gasteiger partial charge in [0.05, 0.1) is 43.2 Å². The van der Waals surface area contributed by atoms with Crippen LogP contribution in [0.2, 0.25) is 0 Å². The molecule has 0 aliphatic carbocycles. The number of hydrogen-bond donors (Lipinski definition) is 1. The molecular weight excluding hydrogens is 462 g/mol. The van der Waals surface area contributed by atoms with Crippen LogP contribution in [0, 0.1) is 20.2 Å². The Morgan fingerprint density at radius 3 is 1.78 bits per heavy atom. The molecule has 36 heavy (non-hydrogen) atoms. The molecule has 9 nitrogen and oxygen atoms in total. The molecule has 0 aromatic heterocycles. The molecule has 1 unspecified atom stereocenters. The van der Waals surface area contributed by atoms with Gasteiger partial charge in [-0.2, -0.15) is 0 Å². The number of nitro groups is 2. The van der Waals surface area contributed by atoms with Crippen LogP contribution in [-0.2, 0) is 0 Å². The number of non-ortho nitro benzene ring substituents is 1. The summed E-state index contributed by atoms with van der Waals surface area (Å²) in [4.78, 5) is 20.9. The van der Waals surface area contributed by atoms with Crippen molar-refractivity contribution in [3.8, 4) is 5.75 Å². The van der Waals surface area contributed by atoms with E-state index in [9.17, 15) is 25.3 Å². The SMILES string of the molecule is CCCCCCCCCCCCCCCC[N+](C)(C)CC(CO)Oc1ccc([N+](=O)[O-])cc1[N+](=O)[O-]. The first-order valence-electron chi connectivity index (χ1n) is 13.7. The Labute approximate surface area is 216 Å². The molecule has 0 saturated heterocycles. The largest absolute Gasteiger partial charge is 0.475 e. The number of benzene rings is 1. The summed E-state index contributed by atoms with van der Waals surface area (Å²) >= 11 is 0. The molecule has 0 bridgehead atoms. The lowest BCUT2D eigenvalue weighted by Gasteiger charge is -2.33. The van der Waals surface area contributed by atoms with Crippen LogP contribution in [0.15, 0.2) is 18.2 Å². The van der Waals surface area contributed by atoms with Crippen LogP contribution >= 0.6 is 0 Å². The van der Waals surface area contributed by atoms with E-state index in [0.717, 1.165) is 25.5 Å². The summed E-state index contributed by atoms with van der Waals surface area (Å²) in [6.07, 6.45) is 17.7. The predicted molar refractivity (Wildman–Crippen MR) is 143 cm³/mol. The molecular formula is C27H48N3O6+. The van der Waals surface area contributed by atoms with Crippen molar-refractivity contribution in [3.63, 3.8) is 0 Å². The average molecular weight is 511 g/mol. The number of hydrogen-bond acceptors (Lipinski definition) is 6. The summed E-state index contributed by atoms with van der Waals surface area (Å²) < 4.78 is 6.34. The zero-order valence-corrected chi connectivity index (χ0v) is 22.7. The fraction of sp³-hybridized carbons (Fsp3) is 0.778. The highest BCUT2D eigenvalue weighted by molar-refractivity contribution is 5.53. The summed E-state index contributed by atoms with van der Waals surface area (Å²) in [7, 11) is 4.11. The van der Waals surface area contributed by atoms with Gasteiger partial charge in [0.25, 0.3) is 5.69 Å². The second kappa shape index (κ2) is 18.1. The molecule has 0 amide bonds. The quantitative estimate of drug-likeness (QED) is 0.0793. The van der Waals surface area contributed by atoms with Gasteiger partial charge < -0.3 is 14.3 Å². The van der Waals surface area contributed by atoms with E-state index in [1.807, 2.05) is 0 Å². The number of ether oxygens (including phenoxy) is 1. The molecule has 9 heteroatoms. The van der Waals surface area contributed by atoms with Crippen LogP contribution in [0.25, 0.3) is 0 Å². The van der Waals surface area contributed by atoms with Crippen LogP contribution in [0.4, 0.5) is 11.4 Å². The lowest BCUT2D eigenvalue weighted by Crippen LogP contribution is -2.48. The molecule has 1 N–H and O–H groups in total. The number of likely N-dealkylation sites (N-methyl/N-ethyl adjacent to an activating group) is 1. The van der Waals surface area contributed by atoms with Gasteiger partial charge in [0.2, 0.25) is 0 Å². The number of unbranched alkanes of at least 4 members (excludes halogenated alkanes) is 13. The van der Waals surface area contributed by atoms with E-state index in [2.05, 4.69) is 21.0 Å². The zero-order valence-electron chi connectivity index (χ0n) is 22.7. The fourth-order valence-electron chi connectivity index (χ4n) is 4.55. The first-order valence-corrected chi connectivity index (χ1v) is 13.7. The third kappa shape index (κ3) is 13.7. The Balaban J connectivity index is 2.28. The van der Waals surface area contributed by atoms with Gasteiger partial charge in [-0.25, -0.2) is 0 Å². The predicted octanol–water partition coefficient (Wildman–Crippen LogP) is 6.80. The van der Waals surface area contributed by atoms with Gasteiger partial charge in [0.15, 0.2) is 11.9 Å². The number of nitrogens with zero attached hydrogens (tertiary/aromatic N) is 3. The monoisotopic (exact) mass is 510 g/mol. The van der Waals surface area contributed by atoms with Crippen LogP contribution in [0.1, 0.15) is 96.8 Å². The minimum absolute atomic E-state index is 0.0684. The molecule has 0 radical (unpaired) electrons.